The highest BCUT2D eigenvalue weighted by atomic mass is 16.5. The van der Waals surface area contributed by atoms with Gasteiger partial charge in [0.25, 0.3) is 0 Å². The van der Waals surface area contributed by atoms with Crippen molar-refractivity contribution in [3.63, 3.8) is 0 Å². The van der Waals surface area contributed by atoms with Crippen LogP contribution >= 0.6 is 0 Å². The summed E-state index contributed by atoms with van der Waals surface area (Å²) < 4.78 is 5.15. The molecule has 1 amide bonds. The molecule has 154 valence electrons. The highest BCUT2D eigenvalue weighted by molar-refractivity contribution is 6.06. The number of alkyl carbamates (subject to hydrolysis) is 1. The molecule has 3 aromatic rings. The minimum absolute atomic E-state index is 0.0997. The Morgan fingerprint density at radius 1 is 1.03 bits per heavy atom. The molecule has 1 atom stereocenters. The molecule has 0 spiro atoms. The Kier molecular flexibility index (Phi) is 6.99. The molecule has 3 rings (SSSR count). The average molecular weight is 407 g/mol. The van der Waals surface area contributed by atoms with Crippen LogP contribution in [0.25, 0.3) is 0 Å². The molecule has 1 N–H and O–H groups in total. The van der Waals surface area contributed by atoms with Crippen molar-refractivity contribution in [2.45, 2.75) is 32.5 Å². The molecule has 0 radical (unpaired) electrons. The molecule has 0 aliphatic rings. The fourth-order valence-corrected chi connectivity index (χ4v) is 2.69. The maximum absolute atomic E-state index is 12.5. The fraction of sp³-hybridized carbons (Fsp3) is 0.238. The van der Waals surface area contributed by atoms with Crippen LogP contribution in [0.4, 0.5) is 4.79 Å². The van der Waals surface area contributed by atoms with Crippen LogP contribution in [0.2, 0.25) is 0 Å². The molecule has 1 unspecified atom stereocenters. The van der Waals surface area contributed by atoms with E-state index in [9.17, 15) is 14.4 Å². The van der Waals surface area contributed by atoms with Crippen molar-refractivity contribution in [1.29, 1.82) is 0 Å². The van der Waals surface area contributed by atoms with Gasteiger partial charge in [-0.3, -0.25) is 9.59 Å². The highest BCUT2D eigenvalue weighted by Gasteiger charge is 2.22. The summed E-state index contributed by atoms with van der Waals surface area (Å²) >= 11 is 0. The third kappa shape index (κ3) is 5.57. The minimum atomic E-state index is -0.771. The normalized spacial score (nSPS) is 11.5. The Balaban J connectivity index is 1.54. The maximum Gasteiger partial charge on any atom is 0.408 e. The SMILES string of the molecule is CCC(NC(=O)OCc1ccccc1)C(=O)Cn1nnc(C(=O)c2ccccc2)n1. The molecule has 1 heterocycles. The van der Waals surface area contributed by atoms with Gasteiger partial charge in [0.1, 0.15) is 13.2 Å². The summed E-state index contributed by atoms with van der Waals surface area (Å²) in [5.74, 6) is -0.813. The number of carbonyl (C=O) groups is 3. The molecule has 0 aliphatic heterocycles. The summed E-state index contributed by atoms with van der Waals surface area (Å²) in [5.41, 5.74) is 1.27. The van der Waals surface area contributed by atoms with Crippen LogP contribution in [0.3, 0.4) is 0 Å². The summed E-state index contributed by atoms with van der Waals surface area (Å²) in [7, 11) is 0. The van der Waals surface area contributed by atoms with Crippen molar-refractivity contribution in [2.75, 3.05) is 0 Å². The minimum Gasteiger partial charge on any atom is -0.445 e. The molecular weight excluding hydrogens is 386 g/mol. The lowest BCUT2D eigenvalue weighted by atomic mass is 10.1. The number of hydrogen-bond donors (Lipinski definition) is 1. The van der Waals surface area contributed by atoms with Gasteiger partial charge < -0.3 is 10.1 Å². The monoisotopic (exact) mass is 407 g/mol. The molecule has 9 nitrogen and oxygen atoms in total. The van der Waals surface area contributed by atoms with E-state index in [1.807, 2.05) is 30.3 Å². The molecule has 0 saturated heterocycles. The van der Waals surface area contributed by atoms with Gasteiger partial charge in [-0.1, -0.05) is 67.6 Å². The predicted molar refractivity (Wildman–Crippen MR) is 107 cm³/mol. The first-order chi connectivity index (χ1) is 14.6. The van der Waals surface area contributed by atoms with Crippen molar-refractivity contribution >= 4 is 17.7 Å². The quantitative estimate of drug-likeness (QED) is 0.540. The topological polar surface area (TPSA) is 116 Å². The number of tetrazole rings is 1. The third-order valence-electron chi connectivity index (χ3n) is 4.29. The number of Topliss-reactive ketones (excluding diaryl/α,β-unsaturated/α-hetero) is 1. The van der Waals surface area contributed by atoms with E-state index in [4.69, 9.17) is 4.74 Å². The van der Waals surface area contributed by atoms with Gasteiger partial charge in [-0.25, -0.2) is 4.79 Å². The first-order valence-electron chi connectivity index (χ1n) is 9.44. The number of amides is 1. The largest absolute Gasteiger partial charge is 0.445 e. The van der Waals surface area contributed by atoms with E-state index in [0.29, 0.717) is 12.0 Å². The number of rotatable bonds is 9. The van der Waals surface area contributed by atoms with Gasteiger partial charge in [0.2, 0.25) is 11.6 Å². The zero-order valence-electron chi connectivity index (χ0n) is 16.4. The fourth-order valence-electron chi connectivity index (χ4n) is 2.69. The lowest BCUT2D eigenvalue weighted by Crippen LogP contribution is -2.42. The lowest BCUT2D eigenvalue weighted by Gasteiger charge is -2.15. The molecule has 0 saturated carbocycles. The first-order valence-corrected chi connectivity index (χ1v) is 9.44. The van der Waals surface area contributed by atoms with Gasteiger partial charge >= 0.3 is 6.09 Å². The average Bonchev–Trinajstić information content (AvgIpc) is 3.25. The Bertz CT molecular complexity index is 1000. The van der Waals surface area contributed by atoms with Gasteiger partial charge in [0, 0.05) is 5.56 Å². The van der Waals surface area contributed by atoms with Gasteiger partial charge in [-0.15, -0.1) is 10.2 Å². The van der Waals surface area contributed by atoms with Crippen molar-refractivity contribution < 1.29 is 19.1 Å². The number of ether oxygens (including phenoxy) is 1. The van der Waals surface area contributed by atoms with Gasteiger partial charge in [-0.05, 0) is 17.2 Å². The van der Waals surface area contributed by atoms with Crippen LogP contribution in [0.1, 0.15) is 35.1 Å². The molecule has 0 fully saturated rings. The molecule has 0 aliphatic carbocycles. The molecule has 30 heavy (non-hydrogen) atoms. The Morgan fingerprint density at radius 3 is 2.37 bits per heavy atom. The number of hydrogen-bond acceptors (Lipinski definition) is 7. The summed E-state index contributed by atoms with van der Waals surface area (Å²) in [4.78, 5) is 37.9. The number of aromatic nitrogens is 4. The smallest absolute Gasteiger partial charge is 0.408 e. The molecular formula is C21H21N5O4. The van der Waals surface area contributed by atoms with Gasteiger partial charge in [-0.2, -0.15) is 4.80 Å². The Morgan fingerprint density at radius 2 is 1.70 bits per heavy atom. The number of benzene rings is 2. The number of ketones is 2. The van der Waals surface area contributed by atoms with Crippen LogP contribution in [0, 0.1) is 0 Å². The standard InChI is InChI=1S/C21H21N5O4/c1-2-17(22-21(29)30-14-15-9-5-3-6-10-15)18(27)13-26-24-20(23-25-26)19(28)16-11-7-4-8-12-16/h3-12,17H,2,13-14H2,1H3,(H,22,29). The number of nitrogens with one attached hydrogen (secondary N) is 1. The van der Waals surface area contributed by atoms with E-state index in [2.05, 4.69) is 20.7 Å². The summed E-state index contributed by atoms with van der Waals surface area (Å²) in [5, 5.41) is 14.0. The number of nitrogens with zero attached hydrogens (tertiary/aromatic N) is 4. The van der Waals surface area contributed by atoms with Gasteiger partial charge in [0.05, 0.1) is 6.04 Å². The van der Waals surface area contributed by atoms with Crippen molar-refractivity contribution in [3.8, 4) is 0 Å². The molecule has 9 heteroatoms. The first kappa shape index (κ1) is 20.8. The number of carbonyl (C=O) groups excluding carboxylic acids is 3. The van der Waals surface area contributed by atoms with Gasteiger partial charge in [0.15, 0.2) is 5.78 Å². The zero-order chi connectivity index (χ0) is 21.3. The zero-order valence-corrected chi connectivity index (χ0v) is 16.4. The summed E-state index contributed by atoms with van der Waals surface area (Å²) in [6.07, 6.45) is -0.324. The van der Waals surface area contributed by atoms with E-state index in [-0.39, 0.29) is 30.5 Å². The van der Waals surface area contributed by atoms with Crippen molar-refractivity contribution in [1.82, 2.24) is 25.5 Å². The van der Waals surface area contributed by atoms with E-state index < -0.39 is 12.1 Å². The Labute approximate surface area is 173 Å². The maximum atomic E-state index is 12.5. The van der Waals surface area contributed by atoms with Crippen LogP contribution in [-0.2, 0) is 22.7 Å². The van der Waals surface area contributed by atoms with Crippen LogP contribution in [-0.4, -0.2) is 43.9 Å². The van der Waals surface area contributed by atoms with Crippen LogP contribution in [0.5, 0.6) is 0 Å². The predicted octanol–water partition coefficient (Wildman–Crippen LogP) is 2.18. The Hall–Kier alpha value is -3.88. The second-order valence-electron chi connectivity index (χ2n) is 6.47. The lowest BCUT2D eigenvalue weighted by molar-refractivity contribution is -0.122. The van der Waals surface area contributed by atoms with Crippen molar-refractivity contribution in [2.24, 2.45) is 0 Å². The highest BCUT2D eigenvalue weighted by Crippen LogP contribution is 2.05. The van der Waals surface area contributed by atoms with E-state index >= 15 is 0 Å². The van der Waals surface area contributed by atoms with Crippen LogP contribution in [0.15, 0.2) is 60.7 Å². The van der Waals surface area contributed by atoms with Crippen LogP contribution < -0.4 is 5.32 Å². The second-order valence-corrected chi connectivity index (χ2v) is 6.47. The van der Waals surface area contributed by atoms with Crippen molar-refractivity contribution in [3.05, 3.63) is 77.6 Å². The summed E-state index contributed by atoms with van der Waals surface area (Å²) in [6, 6.07) is 17.0. The van der Waals surface area contributed by atoms with E-state index in [0.717, 1.165) is 10.4 Å². The molecule has 2 aromatic carbocycles. The van der Waals surface area contributed by atoms with E-state index in [1.165, 1.54) is 0 Å². The molecule has 1 aromatic heterocycles. The second kappa shape index (κ2) is 10.1. The molecule has 0 bridgehead atoms. The summed E-state index contributed by atoms with van der Waals surface area (Å²) in [6.45, 7) is 1.64. The third-order valence-corrected chi connectivity index (χ3v) is 4.29. The van der Waals surface area contributed by atoms with E-state index in [1.54, 1.807) is 37.3 Å².